The summed E-state index contributed by atoms with van der Waals surface area (Å²) in [5, 5.41) is 0.987. The number of nitrogens with zero attached hydrogens (tertiary/aromatic N) is 2. The number of hydrogen-bond donors (Lipinski definition) is 1. The van der Waals surface area contributed by atoms with E-state index in [1.165, 1.54) is 0 Å². The third kappa shape index (κ3) is 1.84. The van der Waals surface area contributed by atoms with Crippen LogP contribution in [0.1, 0.15) is 24.5 Å². The van der Waals surface area contributed by atoms with Crippen molar-refractivity contribution in [3.05, 3.63) is 29.7 Å². The van der Waals surface area contributed by atoms with Crippen LogP contribution in [0.5, 0.6) is 5.75 Å². The molecule has 1 atom stereocenters. The molecule has 0 aliphatic carbocycles. The number of aryl methyl sites for hydroxylation is 1. The smallest absolute Gasteiger partial charge is 0.126 e. The molecule has 0 aliphatic rings. The zero-order valence-electron chi connectivity index (χ0n) is 9.69. The lowest BCUT2D eigenvalue weighted by Gasteiger charge is -2.10. The molecule has 0 amide bonds. The Balaban J connectivity index is 2.73. The number of hydrogen-bond acceptors (Lipinski definition) is 4. The molecule has 2 aromatic rings. The van der Waals surface area contributed by atoms with E-state index in [9.17, 15) is 0 Å². The Hall–Kier alpha value is -1.68. The SMILES string of the molecule is COc1ccc2c(C(C)N)nc(C)nc2c1. The monoisotopic (exact) mass is 217 g/mol. The summed E-state index contributed by atoms with van der Waals surface area (Å²) in [6, 6.07) is 5.65. The minimum Gasteiger partial charge on any atom is -0.497 e. The quantitative estimate of drug-likeness (QED) is 0.835. The van der Waals surface area contributed by atoms with Crippen LogP contribution in [0, 0.1) is 6.92 Å². The van der Waals surface area contributed by atoms with Gasteiger partial charge >= 0.3 is 0 Å². The summed E-state index contributed by atoms with van der Waals surface area (Å²) in [6.07, 6.45) is 0. The predicted molar refractivity (Wildman–Crippen MR) is 63.4 cm³/mol. The second-order valence-electron chi connectivity index (χ2n) is 3.83. The van der Waals surface area contributed by atoms with E-state index in [4.69, 9.17) is 10.5 Å². The first-order chi connectivity index (χ1) is 7.61. The van der Waals surface area contributed by atoms with E-state index in [0.717, 1.165) is 28.2 Å². The number of nitrogens with two attached hydrogens (primary N) is 1. The molecular weight excluding hydrogens is 202 g/mol. The Bertz CT molecular complexity index is 523. The van der Waals surface area contributed by atoms with Crippen LogP contribution in [0.2, 0.25) is 0 Å². The number of methoxy groups -OCH3 is 1. The van der Waals surface area contributed by atoms with Crippen molar-refractivity contribution in [1.82, 2.24) is 9.97 Å². The maximum Gasteiger partial charge on any atom is 0.126 e. The Labute approximate surface area is 94.5 Å². The first-order valence-electron chi connectivity index (χ1n) is 5.19. The van der Waals surface area contributed by atoms with Gasteiger partial charge in [-0.3, -0.25) is 0 Å². The highest BCUT2D eigenvalue weighted by Crippen LogP contribution is 2.24. The van der Waals surface area contributed by atoms with Gasteiger partial charge < -0.3 is 10.5 Å². The molecule has 4 heteroatoms. The Kier molecular flexibility index (Phi) is 2.75. The van der Waals surface area contributed by atoms with Crippen LogP contribution in [-0.2, 0) is 0 Å². The van der Waals surface area contributed by atoms with Gasteiger partial charge in [0.1, 0.15) is 11.6 Å². The molecule has 1 heterocycles. The van der Waals surface area contributed by atoms with E-state index >= 15 is 0 Å². The van der Waals surface area contributed by atoms with Gasteiger partial charge in [-0.2, -0.15) is 0 Å². The van der Waals surface area contributed by atoms with Crippen LogP contribution in [0.25, 0.3) is 10.9 Å². The van der Waals surface area contributed by atoms with E-state index < -0.39 is 0 Å². The normalized spacial score (nSPS) is 12.8. The molecule has 84 valence electrons. The largest absolute Gasteiger partial charge is 0.497 e. The molecule has 4 nitrogen and oxygen atoms in total. The molecule has 16 heavy (non-hydrogen) atoms. The molecule has 0 saturated carbocycles. The van der Waals surface area contributed by atoms with Crippen LogP contribution in [-0.4, -0.2) is 17.1 Å². The second kappa shape index (κ2) is 4.06. The summed E-state index contributed by atoms with van der Waals surface area (Å²) in [7, 11) is 1.64. The van der Waals surface area contributed by atoms with Gasteiger partial charge in [-0.1, -0.05) is 0 Å². The van der Waals surface area contributed by atoms with Gasteiger partial charge in [0.15, 0.2) is 0 Å². The average molecular weight is 217 g/mol. The molecule has 0 aliphatic heterocycles. The van der Waals surface area contributed by atoms with Crippen molar-refractivity contribution >= 4 is 10.9 Å². The van der Waals surface area contributed by atoms with Crippen molar-refractivity contribution in [2.45, 2.75) is 19.9 Å². The van der Waals surface area contributed by atoms with Crippen LogP contribution in [0.15, 0.2) is 18.2 Å². The van der Waals surface area contributed by atoms with Crippen LogP contribution < -0.4 is 10.5 Å². The van der Waals surface area contributed by atoms with Gasteiger partial charge in [0.2, 0.25) is 0 Å². The molecule has 1 aromatic heterocycles. The molecule has 0 spiro atoms. The van der Waals surface area contributed by atoms with Gasteiger partial charge in [-0.05, 0) is 26.0 Å². The number of benzene rings is 1. The first-order valence-corrected chi connectivity index (χ1v) is 5.19. The fourth-order valence-corrected chi connectivity index (χ4v) is 1.73. The molecule has 1 aromatic carbocycles. The highest BCUT2D eigenvalue weighted by Gasteiger charge is 2.09. The summed E-state index contributed by atoms with van der Waals surface area (Å²) < 4.78 is 5.17. The minimum absolute atomic E-state index is 0.0994. The summed E-state index contributed by atoms with van der Waals surface area (Å²) in [6.45, 7) is 3.79. The van der Waals surface area contributed by atoms with E-state index in [-0.39, 0.29) is 6.04 Å². The van der Waals surface area contributed by atoms with Crippen molar-refractivity contribution in [1.29, 1.82) is 0 Å². The lowest BCUT2D eigenvalue weighted by atomic mass is 10.1. The molecule has 2 N–H and O–H groups in total. The highest BCUT2D eigenvalue weighted by atomic mass is 16.5. The maximum atomic E-state index is 5.90. The summed E-state index contributed by atoms with van der Waals surface area (Å²) in [4.78, 5) is 8.76. The van der Waals surface area contributed by atoms with Crippen LogP contribution in [0.3, 0.4) is 0 Å². The topological polar surface area (TPSA) is 61.0 Å². The second-order valence-corrected chi connectivity index (χ2v) is 3.83. The minimum atomic E-state index is -0.0994. The maximum absolute atomic E-state index is 5.90. The summed E-state index contributed by atoms with van der Waals surface area (Å²) in [5.74, 6) is 1.52. The number of fused-ring (bicyclic) bond motifs is 1. The van der Waals surface area contributed by atoms with Crippen molar-refractivity contribution in [2.75, 3.05) is 7.11 Å². The van der Waals surface area contributed by atoms with E-state index in [0.29, 0.717) is 0 Å². The van der Waals surface area contributed by atoms with Crippen molar-refractivity contribution in [3.8, 4) is 5.75 Å². The van der Waals surface area contributed by atoms with E-state index in [1.54, 1.807) is 7.11 Å². The van der Waals surface area contributed by atoms with E-state index in [1.807, 2.05) is 32.0 Å². The number of ether oxygens (including phenoxy) is 1. The van der Waals surface area contributed by atoms with E-state index in [2.05, 4.69) is 9.97 Å². The van der Waals surface area contributed by atoms with Crippen molar-refractivity contribution in [3.63, 3.8) is 0 Å². The van der Waals surface area contributed by atoms with Crippen molar-refractivity contribution < 1.29 is 4.74 Å². The van der Waals surface area contributed by atoms with Crippen LogP contribution in [0.4, 0.5) is 0 Å². The average Bonchev–Trinajstić information content (AvgIpc) is 2.26. The van der Waals surface area contributed by atoms with Gasteiger partial charge in [-0.25, -0.2) is 9.97 Å². The zero-order chi connectivity index (χ0) is 11.7. The Morgan fingerprint density at radius 3 is 2.69 bits per heavy atom. The molecule has 1 unspecified atom stereocenters. The predicted octanol–water partition coefficient (Wildman–Crippen LogP) is 1.97. The summed E-state index contributed by atoms with van der Waals surface area (Å²) >= 11 is 0. The first kappa shape index (κ1) is 10.8. The van der Waals surface area contributed by atoms with Crippen molar-refractivity contribution in [2.24, 2.45) is 5.73 Å². The molecular formula is C12H15N3O. The molecule has 0 fully saturated rings. The molecule has 0 radical (unpaired) electrons. The Morgan fingerprint density at radius 2 is 2.06 bits per heavy atom. The Morgan fingerprint density at radius 1 is 1.31 bits per heavy atom. The standard InChI is InChI=1S/C12H15N3O/c1-7(13)12-10-5-4-9(16-3)6-11(10)14-8(2)15-12/h4-7H,13H2,1-3H3. The lowest BCUT2D eigenvalue weighted by Crippen LogP contribution is -2.09. The summed E-state index contributed by atoms with van der Waals surface area (Å²) in [5.41, 5.74) is 7.65. The molecule has 0 saturated heterocycles. The zero-order valence-corrected chi connectivity index (χ0v) is 9.69. The van der Waals surface area contributed by atoms with Crippen LogP contribution >= 0.6 is 0 Å². The number of aromatic nitrogens is 2. The number of rotatable bonds is 2. The van der Waals surface area contributed by atoms with Gasteiger partial charge in [0.25, 0.3) is 0 Å². The third-order valence-corrected chi connectivity index (χ3v) is 2.48. The third-order valence-electron chi connectivity index (χ3n) is 2.48. The van der Waals surface area contributed by atoms with Gasteiger partial charge in [0, 0.05) is 17.5 Å². The molecule has 0 bridgehead atoms. The van der Waals surface area contributed by atoms with Gasteiger partial charge in [-0.15, -0.1) is 0 Å². The molecule has 2 rings (SSSR count). The lowest BCUT2D eigenvalue weighted by molar-refractivity contribution is 0.415. The fourth-order valence-electron chi connectivity index (χ4n) is 1.73. The fraction of sp³-hybridized carbons (Fsp3) is 0.333. The highest BCUT2D eigenvalue weighted by molar-refractivity contribution is 5.82. The van der Waals surface area contributed by atoms with Gasteiger partial charge in [0.05, 0.1) is 18.3 Å².